The molecular weight excluding hydrogens is 867 g/mol. The van der Waals surface area contributed by atoms with E-state index in [2.05, 4.69) is 262 Å². The summed E-state index contributed by atoms with van der Waals surface area (Å²) in [6.45, 7) is 23.9. The second-order valence-electron chi connectivity index (χ2n) is 24.4. The molecule has 1 heteroatoms. The smallest absolute Gasteiger partial charge is 0.0726 e. The van der Waals surface area contributed by atoms with E-state index in [0.29, 0.717) is 0 Å². The van der Waals surface area contributed by atoms with Crippen LogP contribution in [-0.2, 0) is 27.1 Å². The Kier molecular flexibility index (Phi) is 8.64. The molecule has 350 valence electrons. The van der Waals surface area contributed by atoms with Crippen LogP contribution < -0.4 is 4.90 Å². The first-order valence-corrected chi connectivity index (χ1v) is 26.2. The van der Waals surface area contributed by atoms with E-state index in [9.17, 15) is 0 Å². The Morgan fingerprint density at radius 2 is 0.792 bits per heavy atom. The number of rotatable bonds is 3. The van der Waals surface area contributed by atoms with Crippen molar-refractivity contribution in [3.8, 4) is 44.5 Å². The quantitative estimate of drug-likeness (QED) is 0.171. The zero-order valence-corrected chi connectivity index (χ0v) is 43.3. The van der Waals surface area contributed by atoms with Crippen LogP contribution in [0.1, 0.15) is 125 Å². The summed E-state index contributed by atoms with van der Waals surface area (Å²) in [5, 5.41) is 5.38. The molecule has 72 heavy (non-hydrogen) atoms. The summed E-state index contributed by atoms with van der Waals surface area (Å²) in [4.78, 5) is 2.62. The van der Waals surface area contributed by atoms with Crippen LogP contribution in [0.5, 0.6) is 0 Å². The summed E-state index contributed by atoms with van der Waals surface area (Å²) < 4.78 is 0. The lowest BCUT2D eigenvalue weighted by Crippen LogP contribution is -2.33. The van der Waals surface area contributed by atoms with Crippen molar-refractivity contribution in [2.24, 2.45) is 0 Å². The highest BCUT2D eigenvalue weighted by Crippen LogP contribution is 2.66. The normalized spacial score (nSPS) is 17.0. The number of anilines is 3. The molecule has 4 aliphatic carbocycles. The molecule has 10 aromatic carbocycles. The van der Waals surface area contributed by atoms with Crippen LogP contribution in [0.15, 0.2) is 188 Å². The number of hydrogen-bond donors (Lipinski definition) is 0. The molecule has 0 N–H and O–H groups in total. The maximum absolute atomic E-state index is 2.63. The standard InChI is InChI=1S/C71H61N/c1-67(2,3)53-38-37-52-64-49-24-12-11-23-46(49)59(68(4,5)6)41-62(64)71(57-30-19-26-50(53)65(52)57)56-29-18-15-25-51(56)66-58(71)31-20-32-63(66)72(42-33-35-47-44-21-13-16-27-54(44)69(7,8)60(47)39-42)43-34-36-48-45-22-14-17-28-55(45)70(9,10)61(48)40-43/h11-41H,1-10H3. The molecule has 0 heterocycles. The molecule has 0 bridgehead atoms. The first kappa shape index (κ1) is 43.3. The Bertz CT molecular complexity index is 3900. The Morgan fingerprint density at radius 3 is 1.40 bits per heavy atom. The average molecular weight is 928 g/mol. The molecule has 1 spiro atoms. The van der Waals surface area contributed by atoms with Gasteiger partial charge in [-0.15, -0.1) is 0 Å². The molecule has 0 aromatic heterocycles. The molecule has 14 rings (SSSR count). The highest BCUT2D eigenvalue weighted by atomic mass is 15.1. The summed E-state index contributed by atoms with van der Waals surface area (Å²) in [6.07, 6.45) is 0. The van der Waals surface area contributed by atoms with Gasteiger partial charge in [-0.25, -0.2) is 0 Å². The van der Waals surface area contributed by atoms with E-state index < -0.39 is 5.41 Å². The largest absolute Gasteiger partial charge is 0.310 e. The van der Waals surface area contributed by atoms with Crippen LogP contribution in [0.4, 0.5) is 17.1 Å². The summed E-state index contributed by atoms with van der Waals surface area (Å²) in [6, 6.07) is 73.3. The van der Waals surface area contributed by atoms with Gasteiger partial charge >= 0.3 is 0 Å². The van der Waals surface area contributed by atoms with Gasteiger partial charge in [-0.05, 0) is 157 Å². The predicted octanol–water partition coefficient (Wildman–Crippen LogP) is 19.0. The van der Waals surface area contributed by atoms with Gasteiger partial charge in [-0.1, -0.05) is 227 Å². The van der Waals surface area contributed by atoms with Crippen molar-refractivity contribution < 1.29 is 0 Å². The second kappa shape index (κ2) is 14.4. The van der Waals surface area contributed by atoms with Crippen LogP contribution in [0.3, 0.4) is 0 Å². The van der Waals surface area contributed by atoms with E-state index in [1.54, 1.807) is 0 Å². The Labute approximate surface area is 425 Å². The van der Waals surface area contributed by atoms with Crippen molar-refractivity contribution in [1.82, 2.24) is 0 Å². The topological polar surface area (TPSA) is 3.24 Å². The Morgan fingerprint density at radius 1 is 0.319 bits per heavy atom. The fraction of sp³-hybridized carbons (Fsp3) is 0.211. The molecule has 0 aliphatic heterocycles. The monoisotopic (exact) mass is 927 g/mol. The maximum atomic E-state index is 2.63. The van der Waals surface area contributed by atoms with E-state index in [1.165, 1.54) is 139 Å². The first-order valence-electron chi connectivity index (χ1n) is 26.2. The van der Waals surface area contributed by atoms with E-state index >= 15 is 0 Å². The lowest BCUT2D eigenvalue weighted by Gasteiger charge is -2.42. The Hall–Kier alpha value is -7.48. The third kappa shape index (κ3) is 5.49. The highest BCUT2D eigenvalue weighted by Gasteiger charge is 2.52. The number of nitrogens with zero attached hydrogens (tertiary/aromatic N) is 1. The van der Waals surface area contributed by atoms with E-state index in [-0.39, 0.29) is 21.7 Å². The van der Waals surface area contributed by atoms with Gasteiger partial charge in [0.25, 0.3) is 0 Å². The molecule has 0 fully saturated rings. The molecule has 1 atom stereocenters. The second-order valence-corrected chi connectivity index (χ2v) is 24.4. The summed E-state index contributed by atoms with van der Waals surface area (Å²) in [5.41, 5.74) is 26.7. The molecule has 0 amide bonds. The van der Waals surface area contributed by atoms with Gasteiger partial charge in [0, 0.05) is 27.8 Å². The molecule has 0 radical (unpaired) electrons. The first-order chi connectivity index (χ1) is 34.5. The zero-order chi connectivity index (χ0) is 49.4. The van der Waals surface area contributed by atoms with Gasteiger partial charge in [-0.2, -0.15) is 0 Å². The van der Waals surface area contributed by atoms with Gasteiger partial charge in [0.1, 0.15) is 0 Å². The minimum atomic E-state index is -0.626. The average Bonchev–Trinajstić information content (AvgIpc) is 3.89. The summed E-state index contributed by atoms with van der Waals surface area (Å²) in [5.74, 6) is 0. The van der Waals surface area contributed by atoms with Crippen molar-refractivity contribution in [2.45, 2.75) is 96.3 Å². The molecule has 4 aliphatic rings. The molecule has 1 unspecified atom stereocenters. The third-order valence-electron chi connectivity index (χ3n) is 17.7. The van der Waals surface area contributed by atoms with Crippen LogP contribution in [0.25, 0.3) is 66.1 Å². The Balaban J connectivity index is 1.12. The third-order valence-corrected chi connectivity index (χ3v) is 17.7. The van der Waals surface area contributed by atoms with E-state index in [0.717, 1.165) is 0 Å². The fourth-order valence-electron chi connectivity index (χ4n) is 14.5. The SMILES string of the molecule is CC(C)(C)c1cc2c(c3ccccc13)-c1ccc(C(C)(C)C)c3cccc(c13)C21c2ccccc2-c2c(N(c3ccc4c(c3)C(C)(C)c3ccccc3-4)c3ccc4c(c3)C(C)(C)c3ccccc3-4)cccc21. The molecule has 0 saturated carbocycles. The van der Waals surface area contributed by atoms with Gasteiger partial charge in [-0.3, -0.25) is 0 Å². The fourth-order valence-corrected chi connectivity index (χ4v) is 14.5. The minimum Gasteiger partial charge on any atom is -0.310 e. The number of fused-ring (bicyclic) bond motifs is 17. The van der Waals surface area contributed by atoms with E-state index in [1.807, 2.05) is 0 Å². The van der Waals surface area contributed by atoms with Crippen LogP contribution in [-0.4, -0.2) is 0 Å². The number of hydrogen-bond acceptors (Lipinski definition) is 1. The minimum absolute atomic E-state index is 0.0560. The van der Waals surface area contributed by atoms with Crippen molar-refractivity contribution in [3.05, 3.63) is 244 Å². The van der Waals surface area contributed by atoms with E-state index in [4.69, 9.17) is 0 Å². The molecule has 1 nitrogen and oxygen atoms in total. The van der Waals surface area contributed by atoms with Crippen LogP contribution in [0, 0.1) is 0 Å². The van der Waals surface area contributed by atoms with Crippen molar-refractivity contribution in [3.63, 3.8) is 0 Å². The molecule has 0 saturated heterocycles. The van der Waals surface area contributed by atoms with Crippen molar-refractivity contribution in [2.75, 3.05) is 4.90 Å². The van der Waals surface area contributed by atoms with Gasteiger partial charge in [0.15, 0.2) is 0 Å². The zero-order valence-electron chi connectivity index (χ0n) is 43.3. The van der Waals surface area contributed by atoms with Gasteiger partial charge in [0.05, 0.1) is 11.1 Å². The lowest BCUT2D eigenvalue weighted by molar-refractivity contribution is 0.593. The molecule has 10 aromatic rings. The van der Waals surface area contributed by atoms with Crippen LogP contribution >= 0.6 is 0 Å². The van der Waals surface area contributed by atoms with Crippen LogP contribution in [0.2, 0.25) is 0 Å². The number of benzene rings is 10. The molecular formula is C71H61N. The summed E-state index contributed by atoms with van der Waals surface area (Å²) in [7, 11) is 0. The lowest BCUT2D eigenvalue weighted by atomic mass is 9.59. The highest BCUT2D eigenvalue weighted by molar-refractivity contribution is 6.15. The van der Waals surface area contributed by atoms with Gasteiger partial charge < -0.3 is 4.90 Å². The van der Waals surface area contributed by atoms with Crippen molar-refractivity contribution in [1.29, 1.82) is 0 Å². The predicted molar refractivity (Wildman–Crippen MR) is 305 cm³/mol. The maximum Gasteiger partial charge on any atom is 0.0726 e. The summed E-state index contributed by atoms with van der Waals surface area (Å²) >= 11 is 0. The van der Waals surface area contributed by atoms with Crippen molar-refractivity contribution >= 4 is 38.6 Å². The van der Waals surface area contributed by atoms with Gasteiger partial charge in [0.2, 0.25) is 0 Å².